The molecule has 64 valence electrons. The van der Waals surface area contributed by atoms with Crippen molar-refractivity contribution in [2.75, 3.05) is 5.73 Å². The Kier molecular flexibility index (Phi) is 2.33. The molecular weight excluding hydrogens is 181 g/mol. The topological polar surface area (TPSA) is 43.1 Å². The number of ketones is 1. The molecular formula is C8H7ClFNO. The number of halogens is 2. The number of carbonyl (C=O) groups is 1. The molecule has 2 N–H and O–H groups in total. The van der Waals surface area contributed by atoms with Gasteiger partial charge in [0.15, 0.2) is 11.6 Å². The maximum atomic E-state index is 13.0. The zero-order chi connectivity index (χ0) is 9.30. The van der Waals surface area contributed by atoms with Crippen LogP contribution in [-0.4, -0.2) is 5.78 Å². The maximum Gasteiger partial charge on any atom is 0.162 e. The van der Waals surface area contributed by atoms with E-state index in [4.69, 9.17) is 17.3 Å². The summed E-state index contributed by atoms with van der Waals surface area (Å²) in [7, 11) is 0. The molecule has 2 nitrogen and oxygen atoms in total. The van der Waals surface area contributed by atoms with Gasteiger partial charge in [0, 0.05) is 5.02 Å². The maximum absolute atomic E-state index is 13.0. The first-order valence-corrected chi connectivity index (χ1v) is 3.65. The molecule has 0 aliphatic carbocycles. The van der Waals surface area contributed by atoms with E-state index < -0.39 is 5.82 Å². The van der Waals surface area contributed by atoms with Crippen molar-refractivity contribution in [2.24, 2.45) is 0 Å². The first-order valence-electron chi connectivity index (χ1n) is 3.28. The van der Waals surface area contributed by atoms with Crippen LogP contribution < -0.4 is 5.73 Å². The zero-order valence-corrected chi connectivity index (χ0v) is 7.15. The molecule has 1 rings (SSSR count). The fraction of sp³-hybridized carbons (Fsp3) is 0.125. The van der Waals surface area contributed by atoms with Crippen molar-refractivity contribution in [3.8, 4) is 0 Å². The van der Waals surface area contributed by atoms with Gasteiger partial charge < -0.3 is 5.73 Å². The Bertz CT molecular complexity index is 338. The van der Waals surface area contributed by atoms with Crippen LogP contribution in [0.1, 0.15) is 17.3 Å². The molecule has 0 aliphatic heterocycles. The summed E-state index contributed by atoms with van der Waals surface area (Å²) in [6.45, 7) is 1.26. The standard InChI is InChI=1S/C8H7ClFNO/c1-4(12)6-2-5(9)3-7(11)8(6)10/h2-3H,11H2,1H3. The minimum atomic E-state index is -0.702. The Morgan fingerprint density at radius 1 is 1.58 bits per heavy atom. The van der Waals surface area contributed by atoms with Gasteiger partial charge in [-0.25, -0.2) is 4.39 Å². The summed E-state index contributed by atoms with van der Waals surface area (Å²) in [6, 6.07) is 2.53. The van der Waals surface area contributed by atoms with Crippen LogP contribution in [0.3, 0.4) is 0 Å². The number of anilines is 1. The van der Waals surface area contributed by atoms with E-state index in [0.717, 1.165) is 0 Å². The van der Waals surface area contributed by atoms with E-state index in [1.807, 2.05) is 0 Å². The SMILES string of the molecule is CC(=O)c1cc(Cl)cc(N)c1F. The van der Waals surface area contributed by atoms with Crippen molar-refractivity contribution in [1.82, 2.24) is 0 Å². The van der Waals surface area contributed by atoms with Crippen LogP contribution in [-0.2, 0) is 0 Å². The molecule has 1 aromatic carbocycles. The third-order valence-corrected chi connectivity index (χ3v) is 1.66. The number of Topliss-reactive ketones (excluding diaryl/α,β-unsaturated/α-hetero) is 1. The van der Waals surface area contributed by atoms with Gasteiger partial charge in [0.2, 0.25) is 0 Å². The van der Waals surface area contributed by atoms with Gasteiger partial charge >= 0.3 is 0 Å². The highest BCUT2D eigenvalue weighted by Crippen LogP contribution is 2.21. The van der Waals surface area contributed by atoms with Gasteiger partial charge in [-0.3, -0.25) is 4.79 Å². The average molecular weight is 188 g/mol. The Balaban J connectivity index is 3.37. The molecule has 0 aliphatic rings. The molecule has 0 fully saturated rings. The lowest BCUT2D eigenvalue weighted by Crippen LogP contribution is -2.01. The second kappa shape index (κ2) is 3.11. The Labute approximate surface area is 74.1 Å². The van der Waals surface area contributed by atoms with Crippen molar-refractivity contribution in [2.45, 2.75) is 6.92 Å². The quantitative estimate of drug-likeness (QED) is 0.541. The summed E-state index contributed by atoms with van der Waals surface area (Å²) >= 11 is 5.57. The van der Waals surface area contributed by atoms with E-state index in [2.05, 4.69) is 0 Å². The van der Waals surface area contributed by atoms with Gasteiger partial charge in [0.25, 0.3) is 0 Å². The molecule has 0 bridgehead atoms. The second-order valence-electron chi connectivity index (χ2n) is 2.41. The third-order valence-electron chi connectivity index (χ3n) is 1.44. The molecule has 12 heavy (non-hydrogen) atoms. The van der Waals surface area contributed by atoms with Crippen LogP contribution in [0.4, 0.5) is 10.1 Å². The number of rotatable bonds is 1. The van der Waals surface area contributed by atoms with E-state index >= 15 is 0 Å². The van der Waals surface area contributed by atoms with Gasteiger partial charge in [-0.15, -0.1) is 0 Å². The fourth-order valence-electron chi connectivity index (χ4n) is 0.867. The van der Waals surface area contributed by atoms with Crippen molar-refractivity contribution >= 4 is 23.1 Å². The lowest BCUT2D eigenvalue weighted by Gasteiger charge is -2.02. The van der Waals surface area contributed by atoms with Crippen molar-refractivity contribution < 1.29 is 9.18 Å². The van der Waals surface area contributed by atoms with E-state index in [9.17, 15) is 9.18 Å². The number of hydrogen-bond acceptors (Lipinski definition) is 2. The summed E-state index contributed by atoms with van der Waals surface area (Å²) in [5.74, 6) is -1.09. The fourth-order valence-corrected chi connectivity index (χ4v) is 1.09. The van der Waals surface area contributed by atoms with Gasteiger partial charge in [-0.2, -0.15) is 0 Å². The highest BCUT2D eigenvalue weighted by Gasteiger charge is 2.11. The highest BCUT2D eigenvalue weighted by molar-refractivity contribution is 6.31. The monoisotopic (exact) mass is 187 g/mol. The van der Waals surface area contributed by atoms with Crippen LogP contribution >= 0.6 is 11.6 Å². The second-order valence-corrected chi connectivity index (χ2v) is 2.85. The van der Waals surface area contributed by atoms with E-state index in [-0.39, 0.29) is 22.1 Å². The van der Waals surface area contributed by atoms with Crippen molar-refractivity contribution in [3.05, 3.63) is 28.5 Å². The van der Waals surface area contributed by atoms with E-state index in [1.165, 1.54) is 19.1 Å². The highest BCUT2D eigenvalue weighted by atomic mass is 35.5. The van der Waals surface area contributed by atoms with Crippen molar-refractivity contribution in [1.29, 1.82) is 0 Å². The third kappa shape index (κ3) is 1.56. The van der Waals surface area contributed by atoms with Gasteiger partial charge in [0.1, 0.15) is 0 Å². The molecule has 0 heterocycles. The van der Waals surface area contributed by atoms with Crippen LogP contribution in [0.25, 0.3) is 0 Å². The molecule has 0 spiro atoms. The molecule has 1 aromatic rings. The summed E-state index contributed by atoms with van der Waals surface area (Å²) in [5.41, 5.74) is 5.07. The molecule has 0 saturated carbocycles. The number of carbonyl (C=O) groups excluding carboxylic acids is 1. The van der Waals surface area contributed by atoms with Crippen molar-refractivity contribution in [3.63, 3.8) is 0 Å². The molecule has 0 amide bonds. The predicted molar refractivity (Wildman–Crippen MR) is 45.8 cm³/mol. The molecule has 0 radical (unpaired) electrons. The molecule has 0 atom stereocenters. The Morgan fingerprint density at radius 3 is 2.67 bits per heavy atom. The lowest BCUT2D eigenvalue weighted by molar-refractivity contribution is 0.101. The predicted octanol–water partition coefficient (Wildman–Crippen LogP) is 2.26. The number of hydrogen-bond donors (Lipinski definition) is 1. The van der Waals surface area contributed by atoms with Gasteiger partial charge in [0.05, 0.1) is 11.3 Å². The molecule has 4 heteroatoms. The smallest absolute Gasteiger partial charge is 0.162 e. The van der Waals surface area contributed by atoms with E-state index in [1.54, 1.807) is 0 Å². The van der Waals surface area contributed by atoms with Crippen LogP contribution in [0, 0.1) is 5.82 Å². The van der Waals surface area contributed by atoms with Crippen LogP contribution in [0.15, 0.2) is 12.1 Å². The first kappa shape index (κ1) is 9.00. The van der Waals surface area contributed by atoms with E-state index in [0.29, 0.717) is 0 Å². The summed E-state index contributed by atoms with van der Waals surface area (Å²) in [6.07, 6.45) is 0. The summed E-state index contributed by atoms with van der Waals surface area (Å²) in [4.78, 5) is 10.8. The largest absolute Gasteiger partial charge is 0.396 e. The molecule has 0 aromatic heterocycles. The zero-order valence-electron chi connectivity index (χ0n) is 6.40. The Hall–Kier alpha value is -1.09. The molecule has 0 saturated heterocycles. The summed E-state index contributed by atoms with van der Waals surface area (Å²) in [5, 5.41) is 0.263. The summed E-state index contributed by atoms with van der Waals surface area (Å²) < 4.78 is 13.0. The Morgan fingerprint density at radius 2 is 2.17 bits per heavy atom. The number of benzene rings is 1. The number of nitrogen functional groups attached to an aromatic ring is 1. The minimum Gasteiger partial charge on any atom is -0.396 e. The lowest BCUT2D eigenvalue weighted by atomic mass is 10.1. The van der Waals surface area contributed by atoms with Crippen LogP contribution in [0.5, 0.6) is 0 Å². The average Bonchev–Trinajstić information content (AvgIpc) is 1.96. The minimum absolute atomic E-state index is 0.0694. The van der Waals surface area contributed by atoms with Crippen LogP contribution in [0.2, 0.25) is 5.02 Å². The van der Waals surface area contributed by atoms with Gasteiger partial charge in [-0.1, -0.05) is 11.6 Å². The molecule has 0 unspecified atom stereocenters. The first-order chi connectivity index (χ1) is 5.52. The number of nitrogens with two attached hydrogens (primary N) is 1. The normalized spacial score (nSPS) is 9.92. The van der Waals surface area contributed by atoms with Gasteiger partial charge in [-0.05, 0) is 19.1 Å².